The highest BCUT2D eigenvalue weighted by molar-refractivity contribution is 7.89. The highest BCUT2D eigenvalue weighted by Crippen LogP contribution is 2.26. The molecule has 1 aromatic rings. The molecule has 0 amide bonds. The first-order valence-electron chi connectivity index (χ1n) is 7.28. The fraction of sp³-hybridized carbons (Fsp3) is 0.529. The lowest BCUT2D eigenvalue weighted by molar-refractivity contribution is 0.584. The van der Waals surface area contributed by atoms with E-state index in [0.29, 0.717) is 5.92 Å². The van der Waals surface area contributed by atoms with E-state index in [4.69, 9.17) is 0 Å². The van der Waals surface area contributed by atoms with Crippen LogP contribution in [0.1, 0.15) is 52.0 Å². The van der Waals surface area contributed by atoms with Crippen LogP contribution in [0.2, 0.25) is 0 Å². The summed E-state index contributed by atoms with van der Waals surface area (Å²) in [5.41, 5.74) is 1.21. The van der Waals surface area contributed by atoms with Crippen molar-refractivity contribution in [2.45, 2.75) is 58.3 Å². The van der Waals surface area contributed by atoms with Gasteiger partial charge in [-0.3, -0.25) is 0 Å². The van der Waals surface area contributed by atoms with Crippen molar-refractivity contribution < 1.29 is 4.21 Å². The molecule has 106 valence electrons. The van der Waals surface area contributed by atoms with Gasteiger partial charge in [0.2, 0.25) is 0 Å². The summed E-state index contributed by atoms with van der Waals surface area (Å²) in [6.07, 6.45) is 6.62. The number of rotatable bonds is 7. The first kappa shape index (κ1) is 16.2. The Kier molecular flexibility index (Phi) is 7.07. The van der Waals surface area contributed by atoms with Crippen LogP contribution < -0.4 is 0 Å². The highest BCUT2D eigenvalue weighted by Gasteiger charge is 2.16. The Labute approximate surface area is 120 Å². The van der Waals surface area contributed by atoms with Gasteiger partial charge in [-0.15, -0.1) is 0 Å². The van der Waals surface area contributed by atoms with Gasteiger partial charge >= 0.3 is 0 Å². The molecular weight excluding hydrogens is 252 g/mol. The average molecular weight is 278 g/mol. The van der Waals surface area contributed by atoms with Crippen molar-refractivity contribution in [3.8, 4) is 0 Å². The first-order chi connectivity index (χ1) is 9.10. The molecule has 0 fully saturated rings. The van der Waals surface area contributed by atoms with Gasteiger partial charge in [0.25, 0.3) is 0 Å². The van der Waals surface area contributed by atoms with E-state index in [1.165, 1.54) is 18.4 Å². The molecule has 19 heavy (non-hydrogen) atoms. The van der Waals surface area contributed by atoms with Crippen molar-refractivity contribution in [3.63, 3.8) is 0 Å². The third-order valence-electron chi connectivity index (χ3n) is 3.33. The fourth-order valence-corrected chi connectivity index (χ4v) is 3.57. The Morgan fingerprint density at radius 2 is 1.89 bits per heavy atom. The van der Waals surface area contributed by atoms with Crippen molar-refractivity contribution in [2.24, 2.45) is 5.92 Å². The number of hydrogen-bond donors (Lipinski definition) is 0. The molecule has 1 nitrogen and oxygen atoms in total. The van der Waals surface area contributed by atoms with Gasteiger partial charge in [-0.2, -0.15) is 0 Å². The smallest absolute Gasteiger partial charge is 0.0807 e. The van der Waals surface area contributed by atoms with Gasteiger partial charge in [0, 0.05) is 9.80 Å². The molecule has 0 saturated carbocycles. The van der Waals surface area contributed by atoms with Crippen LogP contribution in [0.3, 0.4) is 0 Å². The largest absolute Gasteiger partial charge is 0.249 e. The molecule has 0 unspecified atom stereocenters. The van der Waals surface area contributed by atoms with E-state index in [9.17, 15) is 4.21 Å². The maximum Gasteiger partial charge on any atom is 0.0807 e. The molecule has 0 saturated heterocycles. The maximum atomic E-state index is 12.7. The van der Waals surface area contributed by atoms with Crippen LogP contribution in [-0.2, 0) is 10.8 Å². The molecule has 0 aromatic heterocycles. The minimum Gasteiger partial charge on any atom is -0.249 e. The monoisotopic (exact) mass is 278 g/mol. The molecule has 2 heteroatoms. The van der Waals surface area contributed by atoms with E-state index in [1.54, 1.807) is 0 Å². The standard InChI is InChI=1S/C17H26OS/c1-5-7-9-15(4)17(8-6-2)19(18)16-12-10-14(3)11-13-16/h8,10-13,15H,5-7,9H2,1-4H3/b17-8-/t15-,19-/m0/s1. The molecule has 2 atom stereocenters. The second-order valence-electron chi connectivity index (χ2n) is 5.14. The van der Waals surface area contributed by atoms with Crippen LogP contribution in [0.4, 0.5) is 0 Å². The third kappa shape index (κ3) is 4.94. The number of aryl methyl sites for hydroxylation is 1. The first-order valence-corrected chi connectivity index (χ1v) is 8.43. The summed E-state index contributed by atoms with van der Waals surface area (Å²) in [6.45, 7) is 8.56. The molecule has 1 aromatic carbocycles. The summed E-state index contributed by atoms with van der Waals surface area (Å²) in [6, 6.07) is 8.05. The zero-order chi connectivity index (χ0) is 14.3. The molecule has 0 bridgehead atoms. The highest BCUT2D eigenvalue weighted by atomic mass is 32.2. The SMILES string of the molecule is CC/C=C(/[C@@H](C)CCCC)[S@@](=O)c1ccc(C)cc1. The van der Waals surface area contributed by atoms with Crippen molar-refractivity contribution in [1.82, 2.24) is 0 Å². The van der Waals surface area contributed by atoms with Gasteiger partial charge in [-0.25, -0.2) is 4.21 Å². The number of allylic oxidation sites excluding steroid dienone is 2. The lowest BCUT2D eigenvalue weighted by atomic mass is 10.0. The van der Waals surface area contributed by atoms with Crippen LogP contribution in [0.25, 0.3) is 0 Å². The van der Waals surface area contributed by atoms with E-state index in [1.807, 2.05) is 24.3 Å². The number of hydrogen-bond acceptors (Lipinski definition) is 1. The summed E-state index contributed by atoms with van der Waals surface area (Å²) < 4.78 is 12.7. The Hall–Kier alpha value is -0.890. The van der Waals surface area contributed by atoms with Crippen LogP contribution in [-0.4, -0.2) is 4.21 Å². The Morgan fingerprint density at radius 1 is 1.26 bits per heavy atom. The Morgan fingerprint density at radius 3 is 2.42 bits per heavy atom. The van der Waals surface area contributed by atoms with E-state index in [0.717, 1.165) is 22.6 Å². The molecule has 0 spiro atoms. The molecule has 0 aliphatic heterocycles. The predicted molar refractivity (Wildman–Crippen MR) is 84.7 cm³/mol. The normalized spacial score (nSPS) is 15.3. The molecular formula is C17H26OS. The summed E-state index contributed by atoms with van der Waals surface area (Å²) in [5.74, 6) is 0.405. The van der Waals surface area contributed by atoms with E-state index >= 15 is 0 Å². The quantitative estimate of drug-likeness (QED) is 0.668. The van der Waals surface area contributed by atoms with Crippen molar-refractivity contribution >= 4 is 10.8 Å². The van der Waals surface area contributed by atoms with Crippen LogP contribution in [0, 0.1) is 12.8 Å². The molecule has 0 aliphatic rings. The molecule has 0 aliphatic carbocycles. The third-order valence-corrected chi connectivity index (χ3v) is 5.03. The number of unbranched alkanes of at least 4 members (excludes halogenated alkanes) is 1. The average Bonchev–Trinajstić information content (AvgIpc) is 2.42. The zero-order valence-electron chi connectivity index (χ0n) is 12.6. The second-order valence-corrected chi connectivity index (χ2v) is 6.62. The summed E-state index contributed by atoms with van der Waals surface area (Å²) >= 11 is 0. The van der Waals surface area contributed by atoms with E-state index < -0.39 is 10.8 Å². The summed E-state index contributed by atoms with van der Waals surface area (Å²) in [7, 11) is -1.00. The zero-order valence-corrected chi connectivity index (χ0v) is 13.4. The molecule has 0 N–H and O–H groups in total. The second kappa shape index (κ2) is 8.31. The van der Waals surface area contributed by atoms with Gasteiger partial charge in [0.15, 0.2) is 0 Å². The lowest BCUT2D eigenvalue weighted by Gasteiger charge is -2.15. The van der Waals surface area contributed by atoms with Crippen molar-refractivity contribution in [2.75, 3.05) is 0 Å². The van der Waals surface area contributed by atoms with Gasteiger partial charge < -0.3 is 0 Å². The van der Waals surface area contributed by atoms with Gasteiger partial charge in [0.1, 0.15) is 0 Å². The summed E-state index contributed by atoms with van der Waals surface area (Å²) in [4.78, 5) is 2.02. The van der Waals surface area contributed by atoms with Crippen LogP contribution in [0.15, 0.2) is 40.1 Å². The van der Waals surface area contributed by atoms with Crippen LogP contribution in [0.5, 0.6) is 0 Å². The van der Waals surface area contributed by atoms with Gasteiger partial charge in [-0.05, 0) is 37.8 Å². The number of benzene rings is 1. The predicted octanol–water partition coefficient (Wildman–Crippen LogP) is 5.22. The fourth-order valence-electron chi connectivity index (χ4n) is 2.11. The van der Waals surface area contributed by atoms with Gasteiger partial charge in [0.05, 0.1) is 10.8 Å². The maximum absolute atomic E-state index is 12.7. The molecule has 0 heterocycles. The molecule has 1 rings (SSSR count). The molecule has 0 radical (unpaired) electrons. The van der Waals surface area contributed by atoms with E-state index in [-0.39, 0.29) is 0 Å². The Balaban J connectivity index is 2.90. The Bertz CT molecular complexity index is 431. The summed E-state index contributed by atoms with van der Waals surface area (Å²) in [5, 5.41) is 0. The van der Waals surface area contributed by atoms with E-state index in [2.05, 4.69) is 33.8 Å². The minimum atomic E-state index is -1.00. The lowest BCUT2D eigenvalue weighted by Crippen LogP contribution is -2.06. The topological polar surface area (TPSA) is 17.1 Å². The van der Waals surface area contributed by atoms with Crippen molar-refractivity contribution in [3.05, 3.63) is 40.8 Å². The van der Waals surface area contributed by atoms with Gasteiger partial charge in [-0.1, -0.05) is 57.4 Å². The van der Waals surface area contributed by atoms with Crippen molar-refractivity contribution in [1.29, 1.82) is 0 Å². The van der Waals surface area contributed by atoms with Crippen LogP contribution >= 0.6 is 0 Å². The minimum absolute atomic E-state index is 0.405.